The van der Waals surface area contributed by atoms with E-state index in [4.69, 9.17) is 4.74 Å². The molecule has 2 aliphatic rings. The van der Waals surface area contributed by atoms with Crippen molar-refractivity contribution in [1.82, 2.24) is 15.2 Å². The quantitative estimate of drug-likeness (QED) is 0.824. The van der Waals surface area contributed by atoms with Crippen molar-refractivity contribution in [2.45, 2.75) is 44.9 Å². The maximum absolute atomic E-state index is 12.3. The molecular weight excluding hydrogens is 314 g/mol. The predicted octanol–water partition coefficient (Wildman–Crippen LogP) is 2.41. The van der Waals surface area contributed by atoms with E-state index in [-0.39, 0.29) is 11.3 Å². The monoisotopic (exact) mass is 345 g/mol. The van der Waals surface area contributed by atoms with Crippen molar-refractivity contribution in [3.8, 4) is 0 Å². The summed E-state index contributed by atoms with van der Waals surface area (Å²) in [6.07, 6.45) is 11.3. The highest BCUT2D eigenvalue weighted by atomic mass is 16.5. The Balaban J connectivity index is 1.48. The third-order valence-corrected chi connectivity index (χ3v) is 5.63. The predicted molar refractivity (Wildman–Crippen MR) is 98.3 cm³/mol. The van der Waals surface area contributed by atoms with Crippen LogP contribution in [0.25, 0.3) is 0 Å². The van der Waals surface area contributed by atoms with Crippen LogP contribution in [0.2, 0.25) is 0 Å². The Morgan fingerprint density at radius 2 is 1.88 bits per heavy atom. The van der Waals surface area contributed by atoms with Crippen LogP contribution in [0.5, 0.6) is 0 Å². The number of aromatic nitrogens is 1. The van der Waals surface area contributed by atoms with E-state index in [1.54, 1.807) is 12.4 Å². The van der Waals surface area contributed by atoms with Crippen molar-refractivity contribution >= 4 is 5.91 Å². The van der Waals surface area contributed by atoms with Gasteiger partial charge >= 0.3 is 0 Å². The molecule has 1 amide bonds. The topological polar surface area (TPSA) is 54.5 Å². The van der Waals surface area contributed by atoms with Crippen LogP contribution in [-0.4, -0.2) is 55.2 Å². The summed E-state index contributed by atoms with van der Waals surface area (Å²) in [5, 5.41) is 3.24. The number of nitrogens with zero attached hydrogens (tertiary/aromatic N) is 2. The van der Waals surface area contributed by atoms with Gasteiger partial charge in [0, 0.05) is 50.4 Å². The van der Waals surface area contributed by atoms with Crippen LogP contribution in [-0.2, 0) is 16.0 Å². The normalized spacial score (nSPS) is 21.0. The Hall–Kier alpha value is -1.46. The second kappa shape index (κ2) is 9.30. The second-order valence-electron chi connectivity index (χ2n) is 7.58. The van der Waals surface area contributed by atoms with Gasteiger partial charge in [-0.3, -0.25) is 14.7 Å². The third-order valence-electron chi connectivity index (χ3n) is 5.63. The highest BCUT2D eigenvalue weighted by Gasteiger charge is 2.34. The molecule has 5 nitrogen and oxygen atoms in total. The van der Waals surface area contributed by atoms with Crippen LogP contribution >= 0.6 is 0 Å². The first-order valence-corrected chi connectivity index (χ1v) is 9.72. The van der Waals surface area contributed by atoms with Gasteiger partial charge < -0.3 is 10.1 Å². The van der Waals surface area contributed by atoms with E-state index >= 15 is 0 Å². The van der Waals surface area contributed by atoms with Crippen LogP contribution in [0.15, 0.2) is 24.5 Å². The van der Waals surface area contributed by atoms with Gasteiger partial charge in [0.25, 0.3) is 0 Å². The Kier molecular flexibility index (Phi) is 6.82. The van der Waals surface area contributed by atoms with E-state index in [1.165, 1.54) is 37.7 Å². The van der Waals surface area contributed by atoms with E-state index < -0.39 is 0 Å². The largest absolute Gasteiger partial charge is 0.379 e. The van der Waals surface area contributed by atoms with Gasteiger partial charge in [-0.05, 0) is 37.0 Å². The number of carbonyl (C=O) groups is 1. The van der Waals surface area contributed by atoms with Gasteiger partial charge in [0.2, 0.25) is 5.91 Å². The fourth-order valence-electron chi connectivity index (χ4n) is 4.11. The minimum atomic E-state index is 0.170. The van der Waals surface area contributed by atoms with E-state index in [1.807, 2.05) is 12.1 Å². The molecule has 25 heavy (non-hydrogen) atoms. The molecule has 0 spiro atoms. The molecule has 3 rings (SSSR count). The summed E-state index contributed by atoms with van der Waals surface area (Å²) in [5.74, 6) is 0.170. The summed E-state index contributed by atoms with van der Waals surface area (Å²) in [7, 11) is 0. The average molecular weight is 345 g/mol. The first-order valence-electron chi connectivity index (χ1n) is 9.72. The average Bonchev–Trinajstić information content (AvgIpc) is 2.67. The van der Waals surface area contributed by atoms with Gasteiger partial charge in [0.1, 0.15) is 0 Å². The molecular formula is C20H31N3O2. The number of ether oxygens (including phenoxy) is 1. The lowest BCUT2D eigenvalue weighted by molar-refractivity contribution is -0.121. The van der Waals surface area contributed by atoms with Crippen LogP contribution in [0.3, 0.4) is 0 Å². The van der Waals surface area contributed by atoms with Crippen LogP contribution in [0.1, 0.15) is 44.1 Å². The molecule has 1 saturated carbocycles. The summed E-state index contributed by atoms with van der Waals surface area (Å²) in [6, 6.07) is 3.96. The van der Waals surface area contributed by atoms with Gasteiger partial charge in [0.15, 0.2) is 0 Å². The Labute approximate surface area is 151 Å². The molecule has 5 heteroatoms. The zero-order valence-electron chi connectivity index (χ0n) is 15.2. The van der Waals surface area contributed by atoms with Gasteiger partial charge in [-0.25, -0.2) is 0 Å². The molecule has 0 radical (unpaired) electrons. The number of pyridine rings is 1. The molecule has 1 aromatic heterocycles. The summed E-state index contributed by atoms with van der Waals surface area (Å²) < 4.78 is 5.48. The summed E-state index contributed by atoms with van der Waals surface area (Å²) in [5.41, 5.74) is 1.42. The summed E-state index contributed by atoms with van der Waals surface area (Å²) in [6.45, 7) is 5.65. The fourth-order valence-corrected chi connectivity index (χ4v) is 4.11. The van der Waals surface area contributed by atoms with Crippen LogP contribution in [0, 0.1) is 5.41 Å². The number of hydrogen-bond acceptors (Lipinski definition) is 4. The zero-order valence-corrected chi connectivity index (χ0v) is 15.2. The lowest BCUT2D eigenvalue weighted by Crippen LogP contribution is -2.49. The SMILES string of the molecule is O=C(CCc1ccncc1)NCC1(CN2CCOCC2)CCCCC1. The van der Waals surface area contributed by atoms with E-state index in [9.17, 15) is 4.79 Å². The van der Waals surface area contributed by atoms with E-state index in [0.29, 0.717) is 6.42 Å². The fraction of sp³-hybridized carbons (Fsp3) is 0.700. The molecule has 138 valence electrons. The molecule has 1 aliphatic heterocycles. The number of amides is 1. The van der Waals surface area contributed by atoms with Gasteiger partial charge in [-0.15, -0.1) is 0 Å². The molecule has 0 unspecified atom stereocenters. The third kappa shape index (κ3) is 5.79. The van der Waals surface area contributed by atoms with Crippen molar-refractivity contribution in [3.63, 3.8) is 0 Å². The van der Waals surface area contributed by atoms with Crippen molar-refractivity contribution in [2.75, 3.05) is 39.4 Å². The lowest BCUT2D eigenvalue weighted by Gasteiger charge is -2.42. The Bertz CT molecular complexity index is 523. The summed E-state index contributed by atoms with van der Waals surface area (Å²) in [4.78, 5) is 18.9. The van der Waals surface area contributed by atoms with Gasteiger partial charge in [-0.2, -0.15) is 0 Å². The number of hydrogen-bond donors (Lipinski definition) is 1. The lowest BCUT2D eigenvalue weighted by atomic mass is 9.73. The molecule has 2 fully saturated rings. The van der Waals surface area contributed by atoms with E-state index in [0.717, 1.165) is 45.8 Å². The maximum Gasteiger partial charge on any atom is 0.220 e. The molecule has 0 atom stereocenters. The molecule has 2 heterocycles. The Morgan fingerprint density at radius 3 is 2.60 bits per heavy atom. The smallest absolute Gasteiger partial charge is 0.220 e. The highest BCUT2D eigenvalue weighted by molar-refractivity contribution is 5.76. The van der Waals surface area contributed by atoms with Crippen molar-refractivity contribution < 1.29 is 9.53 Å². The molecule has 0 aromatic carbocycles. The van der Waals surface area contributed by atoms with E-state index in [2.05, 4.69) is 15.2 Å². The second-order valence-corrected chi connectivity index (χ2v) is 7.58. The van der Waals surface area contributed by atoms with Crippen molar-refractivity contribution in [1.29, 1.82) is 0 Å². The van der Waals surface area contributed by atoms with Crippen LogP contribution < -0.4 is 5.32 Å². The van der Waals surface area contributed by atoms with Gasteiger partial charge in [0.05, 0.1) is 13.2 Å². The molecule has 1 N–H and O–H groups in total. The zero-order chi connectivity index (χ0) is 17.4. The molecule has 0 bridgehead atoms. The minimum Gasteiger partial charge on any atom is -0.379 e. The van der Waals surface area contributed by atoms with Crippen molar-refractivity contribution in [2.24, 2.45) is 5.41 Å². The van der Waals surface area contributed by atoms with Crippen LogP contribution in [0.4, 0.5) is 0 Å². The Morgan fingerprint density at radius 1 is 1.16 bits per heavy atom. The first-order chi connectivity index (χ1) is 12.3. The standard InChI is InChI=1S/C20H31N3O2/c24-19(5-4-18-6-10-21-11-7-18)22-16-20(8-2-1-3-9-20)17-23-12-14-25-15-13-23/h6-7,10-11H,1-5,8-9,12-17H2,(H,22,24). The summed E-state index contributed by atoms with van der Waals surface area (Å²) >= 11 is 0. The van der Waals surface area contributed by atoms with Gasteiger partial charge in [-0.1, -0.05) is 19.3 Å². The number of aryl methyl sites for hydroxylation is 1. The molecule has 1 saturated heterocycles. The minimum absolute atomic E-state index is 0.170. The highest BCUT2D eigenvalue weighted by Crippen LogP contribution is 2.36. The number of nitrogens with one attached hydrogen (secondary N) is 1. The molecule has 1 aromatic rings. The number of carbonyl (C=O) groups excluding carboxylic acids is 1. The molecule has 1 aliphatic carbocycles. The first kappa shape index (κ1) is 18.3. The van der Waals surface area contributed by atoms with Crippen molar-refractivity contribution in [3.05, 3.63) is 30.1 Å². The number of morpholine rings is 1. The maximum atomic E-state index is 12.3. The number of rotatable bonds is 7.